The predicted octanol–water partition coefficient (Wildman–Crippen LogP) is 29.3. The largest absolute Gasteiger partial charge is 0.361 e. The maximum absolute atomic E-state index is 13.3. The monoisotopic (exact) mass is 2040 g/mol. The van der Waals surface area contributed by atoms with Crippen molar-refractivity contribution in [2.24, 2.45) is 17.2 Å². The maximum atomic E-state index is 13.3. The van der Waals surface area contributed by atoms with E-state index in [-0.39, 0.29) is 4.90 Å². The number of hydrogen-bond donors (Lipinski definition) is 6. The lowest BCUT2D eigenvalue weighted by Crippen LogP contribution is -2.11. The number of aromatic nitrogens is 6. The zero-order chi connectivity index (χ0) is 97.7. The number of aromatic amines is 3. The minimum Gasteiger partial charge on any atom is -0.361 e. The van der Waals surface area contributed by atoms with Gasteiger partial charge in [0.05, 0.1) is 31.2 Å². The molecule has 706 valence electrons. The van der Waals surface area contributed by atoms with Crippen molar-refractivity contribution in [2.45, 2.75) is 93.2 Å². The molecule has 0 bridgehead atoms. The van der Waals surface area contributed by atoms with Crippen LogP contribution >= 0.6 is 31.9 Å². The van der Waals surface area contributed by atoms with Gasteiger partial charge in [-0.3, -0.25) is 0 Å². The fourth-order valence-corrected chi connectivity index (χ4v) is 23.6. The summed E-state index contributed by atoms with van der Waals surface area (Å²) in [4.78, 5) is 10.8. The van der Waals surface area contributed by atoms with Crippen molar-refractivity contribution in [2.75, 3.05) is 19.6 Å². The Hall–Kier alpha value is -14.3. The highest BCUT2D eigenvalue weighted by Gasteiger charge is 2.26. The van der Waals surface area contributed by atoms with Crippen LogP contribution in [-0.4, -0.2) is 71.8 Å². The third-order valence-electron chi connectivity index (χ3n) is 25.8. The lowest BCUT2D eigenvalue weighted by atomic mass is 9.99. The normalized spacial score (nSPS) is 11.6. The molecule has 0 fully saturated rings. The van der Waals surface area contributed by atoms with Crippen molar-refractivity contribution < 1.29 is 25.3 Å². The van der Waals surface area contributed by atoms with Gasteiger partial charge in [-0.1, -0.05) is 296 Å². The van der Waals surface area contributed by atoms with Gasteiger partial charge in [0, 0.05) is 95.0 Å². The van der Waals surface area contributed by atoms with E-state index in [9.17, 15) is 25.3 Å². The highest BCUT2D eigenvalue weighted by molar-refractivity contribution is 9.10. The van der Waals surface area contributed by atoms with E-state index in [0.717, 1.165) is 120 Å². The SMILES string of the molecule is CCCc1c[nH]c2ccc(-c3ccc4ccccc4c3)cc12.CCCc1cn(S(=O)(=O)c2ccccc2)c2ccc(-c3ccc4ccccc4c3)cc12.CCCc1cn(S(=O)(=O)c2ccccc2)c2ccc(Br)cc12.NCCc1c[nH]c2ccc(-c3ccc4ccccc4c3)cc12.NCCc1c[nH]c2ccc(Br)cc12.NCCc1cn(S(=O)(=O)c2ccccc2)c2ccc(-c3ccc4ccccc4c3)cc12. The average Bonchev–Trinajstić information content (AvgIpc) is 1.61. The Morgan fingerprint density at radius 3 is 0.787 bits per heavy atom. The first kappa shape index (κ1) is 97.0. The molecule has 0 amide bonds. The molecule has 15 nitrogen and oxygen atoms in total. The van der Waals surface area contributed by atoms with Crippen LogP contribution in [0.15, 0.2) is 431 Å². The number of benzene rings is 17. The Morgan fingerprint density at radius 2 is 0.461 bits per heavy atom. The molecule has 0 saturated carbocycles. The second-order valence-electron chi connectivity index (χ2n) is 35.2. The van der Waals surface area contributed by atoms with Crippen molar-refractivity contribution >= 4 is 170 Å². The van der Waals surface area contributed by atoms with E-state index >= 15 is 0 Å². The van der Waals surface area contributed by atoms with Crippen molar-refractivity contribution in [1.82, 2.24) is 26.9 Å². The van der Waals surface area contributed by atoms with Crippen LogP contribution in [0, 0.1) is 0 Å². The van der Waals surface area contributed by atoms with Gasteiger partial charge in [-0.2, -0.15) is 0 Å². The van der Waals surface area contributed by atoms with Crippen LogP contribution < -0.4 is 17.2 Å². The van der Waals surface area contributed by atoms with E-state index in [4.69, 9.17) is 17.2 Å². The zero-order valence-corrected chi connectivity index (χ0v) is 84.3. The molecule has 0 unspecified atom stereocenters. The van der Waals surface area contributed by atoms with Gasteiger partial charge in [-0.15, -0.1) is 0 Å². The fourth-order valence-electron chi connectivity index (χ4n) is 18.7. The first-order valence-electron chi connectivity index (χ1n) is 47.7. The van der Waals surface area contributed by atoms with Crippen molar-refractivity contribution in [3.8, 4) is 44.5 Å². The maximum Gasteiger partial charge on any atom is 0.268 e. The van der Waals surface area contributed by atoms with E-state index in [2.05, 4.69) is 286 Å². The summed E-state index contributed by atoms with van der Waals surface area (Å²) < 4.78 is 85.3. The molecule has 0 saturated heterocycles. The second-order valence-corrected chi connectivity index (χ2v) is 42.5. The average molecular weight is 2040 g/mol. The summed E-state index contributed by atoms with van der Waals surface area (Å²) in [6.07, 6.45) is 19.8. The number of rotatable bonds is 22. The van der Waals surface area contributed by atoms with Crippen LogP contribution in [0.25, 0.3) is 153 Å². The topological polar surface area (TPSA) is 243 Å². The Labute approximate surface area is 839 Å². The molecule has 0 aliphatic heterocycles. The number of H-pyrrole nitrogens is 3. The Morgan fingerprint density at radius 1 is 0.234 bits per heavy atom. The third-order valence-corrected chi connectivity index (χ3v) is 31.9. The highest BCUT2D eigenvalue weighted by Crippen LogP contribution is 2.39. The highest BCUT2D eigenvalue weighted by atomic mass is 79.9. The fraction of sp³-hybridized carbons (Fsp3) is 0.124. The van der Waals surface area contributed by atoms with Gasteiger partial charge in [-0.05, 0) is 325 Å². The van der Waals surface area contributed by atoms with Gasteiger partial charge in [0.15, 0.2) is 0 Å². The van der Waals surface area contributed by atoms with Crippen LogP contribution in [0.4, 0.5) is 0 Å². The summed E-state index contributed by atoms with van der Waals surface area (Å²) in [7, 11) is -10.9. The Bertz CT molecular complexity index is 8420. The molecular formula is C121H109Br2N9O6S3. The number of fused-ring (bicyclic) bond motifs is 10. The molecule has 6 aromatic heterocycles. The van der Waals surface area contributed by atoms with E-state index < -0.39 is 30.1 Å². The van der Waals surface area contributed by atoms with E-state index in [0.29, 0.717) is 41.4 Å². The van der Waals surface area contributed by atoms with Gasteiger partial charge < -0.3 is 32.2 Å². The number of aryl methyl sites for hydroxylation is 3. The molecule has 17 aromatic carbocycles. The van der Waals surface area contributed by atoms with Gasteiger partial charge >= 0.3 is 0 Å². The van der Waals surface area contributed by atoms with Crippen LogP contribution in [0.1, 0.15) is 73.4 Å². The Balaban J connectivity index is 0.000000114. The second kappa shape index (κ2) is 43.6. The molecule has 0 aliphatic rings. The lowest BCUT2D eigenvalue weighted by molar-refractivity contribution is 0.587. The molecule has 23 aromatic rings. The minimum absolute atomic E-state index is 0.268. The zero-order valence-electron chi connectivity index (χ0n) is 78.7. The Kier molecular flexibility index (Phi) is 30.0. The molecule has 9 N–H and O–H groups in total. The van der Waals surface area contributed by atoms with E-state index in [1.54, 1.807) is 91.4 Å². The summed E-state index contributed by atoms with van der Waals surface area (Å²) in [6.45, 7) is 8.25. The molecule has 20 heteroatoms. The number of nitrogens with two attached hydrogens (primary N) is 3. The number of nitrogens with zero attached hydrogens (tertiary/aromatic N) is 3. The van der Waals surface area contributed by atoms with Crippen LogP contribution in [0.5, 0.6) is 0 Å². The molecular weight excluding hydrogens is 1930 g/mol. The quantitative estimate of drug-likeness (QED) is 0.0377. The van der Waals surface area contributed by atoms with Crippen molar-refractivity contribution in [1.29, 1.82) is 0 Å². The van der Waals surface area contributed by atoms with Gasteiger partial charge in [0.2, 0.25) is 0 Å². The summed E-state index contributed by atoms with van der Waals surface area (Å²) in [5.41, 5.74) is 39.2. The number of nitrogens with one attached hydrogen (secondary N) is 3. The molecule has 0 radical (unpaired) electrons. The smallest absolute Gasteiger partial charge is 0.268 e. The predicted molar refractivity (Wildman–Crippen MR) is 595 cm³/mol. The van der Waals surface area contributed by atoms with E-state index in [1.807, 2.05) is 97.2 Å². The van der Waals surface area contributed by atoms with E-state index in [1.165, 1.54) is 133 Å². The van der Waals surface area contributed by atoms with Gasteiger partial charge in [-0.25, -0.2) is 37.2 Å². The molecule has 0 aliphatic carbocycles. The summed E-state index contributed by atoms with van der Waals surface area (Å²) in [5.74, 6) is 0. The van der Waals surface area contributed by atoms with Crippen LogP contribution in [0.3, 0.4) is 0 Å². The molecule has 141 heavy (non-hydrogen) atoms. The van der Waals surface area contributed by atoms with Crippen molar-refractivity contribution in [3.05, 3.63) is 450 Å². The number of hydrogen-bond acceptors (Lipinski definition) is 9. The number of halogens is 2. The molecule has 0 spiro atoms. The van der Waals surface area contributed by atoms with Gasteiger partial charge in [0.25, 0.3) is 30.1 Å². The molecule has 6 heterocycles. The van der Waals surface area contributed by atoms with Crippen LogP contribution in [-0.2, 0) is 68.6 Å². The lowest BCUT2D eigenvalue weighted by Gasteiger charge is -2.09. The summed E-state index contributed by atoms with van der Waals surface area (Å²) in [6, 6.07) is 123. The summed E-state index contributed by atoms with van der Waals surface area (Å²) >= 11 is 6.92. The summed E-state index contributed by atoms with van der Waals surface area (Å²) in [5, 5.41) is 16.7. The van der Waals surface area contributed by atoms with Crippen LogP contribution in [0.2, 0.25) is 0 Å². The molecule has 23 rings (SSSR count). The standard InChI is InChI=1S/C27H23NO2S.C26H22N2O2S.C21H19N.C20H18N2.C17H16BrNO2S.C10H11BrN2/c1-2-8-24-19-28(31(29,30)25-11-4-3-5-12-25)27-16-15-23(18-26(24)27)22-14-13-20-9-6-7-10-21(20)17-22;27-15-14-23-18-28(31(29,30)24-8-2-1-3-9-24)26-13-12-22(17-25(23)26)21-11-10-19-6-4-5-7-20(19)16-21;1-2-5-19-14-22-21-11-10-18(13-20(19)21)17-9-8-15-6-3-4-7-16(15)12-17;21-10-9-18-13-22-20-8-7-17(12-19(18)20)16-6-5-14-3-1-2-4-15(14)11-16;1-2-6-13-12-19(17-10-9-14(18)11-16(13)17)22(20,21)15-7-4-3-5-8-15;11-8-1-2-10-9(5-8)7(3-4-12)6-13-10/h3-7,9-19H,2,8H2,1H3;1-13,16-18H,14-15,27H2;3-4,6-14,22H,2,5H2,1H3;1-8,11-13,22H,9-10,21H2;3-5,7-12H,2,6H2,1H3;1-2,5-6,13H,3-4,12H2. The first-order chi connectivity index (χ1) is 68.7. The minimum atomic E-state index is -3.69. The van der Waals surface area contributed by atoms with Gasteiger partial charge in [0.1, 0.15) is 0 Å². The molecule has 0 atom stereocenters. The van der Waals surface area contributed by atoms with Crippen molar-refractivity contribution in [3.63, 3.8) is 0 Å². The third kappa shape index (κ3) is 21.3. The first-order valence-corrected chi connectivity index (χ1v) is 53.6.